The lowest BCUT2D eigenvalue weighted by molar-refractivity contribution is -0.137. The number of likely N-dealkylation sites (N-methyl/N-ethyl adjacent to an activating group) is 1. The number of hydrogen-bond donors (Lipinski definition) is 7. The van der Waals surface area contributed by atoms with Crippen molar-refractivity contribution in [1.29, 1.82) is 0 Å². The Morgan fingerprint density at radius 2 is 1.47 bits per heavy atom. The van der Waals surface area contributed by atoms with Gasteiger partial charge in [-0.2, -0.15) is 0 Å². The molecule has 0 fully saturated rings. The van der Waals surface area contributed by atoms with Crippen LogP contribution in [0.25, 0.3) is 0 Å². The Morgan fingerprint density at radius 1 is 0.822 bits per heavy atom. The third kappa shape index (κ3) is 18.0. The molecular formula is C32H57N5O8. The summed E-state index contributed by atoms with van der Waals surface area (Å²) in [6.07, 6.45) is 5.24. The van der Waals surface area contributed by atoms with E-state index in [1.165, 1.54) is 0 Å². The van der Waals surface area contributed by atoms with Crippen LogP contribution in [0.1, 0.15) is 107 Å². The van der Waals surface area contributed by atoms with Gasteiger partial charge in [-0.1, -0.05) is 54.9 Å². The minimum absolute atomic E-state index is 0. The van der Waals surface area contributed by atoms with E-state index in [-0.39, 0.29) is 51.4 Å². The van der Waals surface area contributed by atoms with Crippen LogP contribution in [0.2, 0.25) is 0 Å². The van der Waals surface area contributed by atoms with Crippen LogP contribution in [0.5, 0.6) is 0 Å². The molecule has 0 spiro atoms. The minimum Gasteiger partial charge on any atom is -0.481 e. The first-order valence-electron chi connectivity index (χ1n) is 15.5. The van der Waals surface area contributed by atoms with Gasteiger partial charge in [0.05, 0.1) is 18.6 Å². The van der Waals surface area contributed by atoms with E-state index in [1.54, 1.807) is 13.8 Å². The lowest BCUT2D eigenvalue weighted by atomic mass is 9.95. The van der Waals surface area contributed by atoms with Crippen LogP contribution in [-0.2, 0) is 28.8 Å². The van der Waals surface area contributed by atoms with E-state index in [0.29, 0.717) is 25.8 Å². The van der Waals surface area contributed by atoms with Crippen molar-refractivity contribution in [1.82, 2.24) is 26.6 Å². The fourth-order valence-electron chi connectivity index (χ4n) is 4.48. The Balaban J connectivity index is 0. The molecule has 0 radical (unpaired) electrons. The van der Waals surface area contributed by atoms with Gasteiger partial charge < -0.3 is 36.8 Å². The first kappa shape index (κ1) is 43.5. The third-order valence-corrected chi connectivity index (χ3v) is 7.05. The Hall–Kier alpha value is -3.66. The van der Waals surface area contributed by atoms with E-state index < -0.39 is 72.2 Å². The Labute approximate surface area is 268 Å². The maximum atomic E-state index is 13.4. The topological polar surface area (TPSA) is 203 Å². The third-order valence-electron chi connectivity index (χ3n) is 7.05. The highest BCUT2D eigenvalue weighted by Crippen LogP contribution is 2.14. The monoisotopic (exact) mass is 639 g/mol. The summed E-state index contributed by atoms with van der Waals surface area (Å²) in [5.41, 5.74) is 0. The van der Waals surface area contributed by atoms with Crippen molar-refractivity contribution in [2.75, 3.05) is 6.54 Å². The summed E-state index contributed by atoms with van der Waals surface area (Å²) < 4.78 is 0. The first-order chi connectivity index (χ1) is 20.7. The van der Waals surface area contributed by atoms with Gasteiger partial charge in [0.15, 0.2) is 0 Å². The largest absolute Gasteiger partial charge is 0.481 e. The van der Waals surface area contributed by atoms with Crippen molar-refractivity contribution in [3.63, 3.8) is 0 Å². The van der Waals surface area contributed by atoms with Crippen LogP contribution in [0.4, 0.5) is 0 Å². The van der Waals surface area contributed by atoms with Crippen molar-refractivity contribution in [3.05, 3.63) is 0 Å². The maximum absolute atomic E-state index is 13.4. The molecule has 13 heteroatoms. The number of rotatable bonds is 22. The molecule has 5 amide bonds. The van der Waals surface area contributed by atoms with Gasteiger partial charge >= 0.3 is 5.97 Å². The van der Waals surface area contributed by atoms with E-state index in [2.05, 4.69) is 32.5 Å². The van der Waals surface area contributed by atoms with Gasteiger partial charge in [0.2, 0.25) is 29.5 Å². The molecule has 258 valence electrons. The second-order valence-corrected chi connectivity index (χ2v) is 11.5. The molecule has 0 unspecified atom stereocenters. The standard InChI is InChI=1S/C31H53N5O8.CH4/c1-8-13-21(29(42)32-11-4)33-26(39)18-24(37)23(17-19(5)6)35-30(43)22(14-9-2)34-31(44)28(20(7)10-3)36-25(38)15-12-16-27(40)41;/h1,19-24,28,37H,9-18H2,2-7H3,(H,32,42)(H,33,39)(H,34,44)(H,35,43)(H,36,38)(H,40,41);1H4/t20-,21+,22+,23+,24+,28+;/m1./s1. The molecule has 0 aliphatic heterocycles. The summed E-state index contributed by atoms with van der Waals surface area (Å²) in [4.78, 5) is 74.8. The number of terminal acetylenes is 1. The zero-order chi connectivity index (χ0) is 33.8. The number of nitrogens with one attached hydrogen (secondary N) is 5. The number of hydrogen-bond acceptors (Lipinski definition) is 7. The van der Waals surface area contributed by atoms with Gasteiger partial charge in [0, 0.05) is 25.8 Å². The fourth-order valence-corrected chi connectivity index (χ4v) is 4.48. The molecule has 45 heavy (non-hydrogen) atoms. The lowest BCUT2D eigenvalue weighted by Gasteiger charge is -2.30. The minimum atomic E-state index is -1.29. The SMILES string of the molecule is C.C#CC[C@H](NC(=O)C[C@H](O)[C@H](CC(C)C)NC(=O)[C@H](CCC)NC(=O)[C@@H](NC(=O)CCCC(=O)O)[C@H](C)CC)C(=O)NCC. The van der Waals surface area contributed by atoms with E-state index >= 15 is 0 Å². The van der Waals surface area contributed by atoms with Gasteiger partial charge in [-0.05, 0) is 38.0 Å². The van der Waals surface area contributed by atoms with Crippen LogP contribution >= 0.6 is 0 Å². The fraction of sp³-hybridized carbons (Fsp3) is 0.750. The normalized spacial score (nSPS) is 14.6. The molecule has 0 rings (SSSR count). The molecule has 0 heterocycles. The molecular weight excluding hydrogens is 582 g/mol. The average molecular weight is 640 g/mol. The maximum Gasteiger partial charge on any atom is 0.303 e. The number of aliphatic hydroxyl groups excluding tert-OH is 1. The lowest BCUT2D eigenvalue weighted by Crippen LogP contribution is -2.57. The van der Waals surface area contributed by atoms with Crippen LogP contribution in [0.3, 0.4) is 0 Å². The Bertz CT molecular complexity index is 997. The molecule has 13 nitrogen and oxygen atoms in total. The zero-order valence-corrected chi connectivity index (χ0v) is 27.0. The van der Waals surface area contributed by atoms with E-state index in [9.17, 15) is 33.9 Å². The second kappa shape index (κ2) is 23.7. The summed E-state index contributed by atoms with van der Waals surface area (Å²) in [6, 6.07) is -3.71. The van der Waals surface area contributed by atoms with Gasteiger partial charge in [-0.25, -0.2) is 0 Å². The molecule has 0 saturated heterocycles. The van der Waals surface area contributed by atoms with E-state index in [1.807, 2.05) is 27.7 Å². The van der Waals surface area contributed by atoms with Gasteiger partial charge in [-0.3, -0.25) is 28.8 Å². The average Bonchev–Trinajstić information content (AvgIpc) is 2.94. The van der Waals surface area contributed by atoms with Gasteiger partial charge in [0.25, 0.3) is 0 Å². The predicted molar refractivity (Wildman–Crippen MR) is 173 cm³/mol. The van der Waals surface area contributed by atoms with Crippen molar-refractivity contribution >= 4 is 35.5 Å². The number of aliphatic hydroxyl groups is 1. The van der Waals surface area contributed by atoms with E-state index in [4.69, 9.17) is 11.5 Å². The summed E-state index contributed by atoms with van der Waals surface area (Å²) >= 11 is 0. The number of carbonyl (C=O) groups excluding carboxylic acids is 5. The molecule has 0 aliphatic carbocycles. The van der Waals surface area contributed by atoms with Gasteiger partial charge in [-0.15, -0.1) is 12.3 Å². The molecule has 0 saturated carbocycles. The Kier molecular flexibility index (Phi) is 22.9. The van der Waals surface area contributed by atoms with Crippen LogP contribution in [-0.4, -0.2) is 82.5 Å². The summed E-state index contributed by atoms with van der Waals surface area (Å²) in [6.45, 7) is 11.4. The smallest absolute Gasteiger partial charge is 0.303 e. The summed E-state index contributed by atoms with van der Waals surface area (Å²) in [5, 5.41) is 33.1. The number of carboxylic acids is 1. The molecule has 0 aliphatic rings. The predicted octanol–water partition coefficient (Wildman–Crippen LogP) is 1.62. The van der Waals surface area contributed by atoms with Crippen LogP contribution in [0, 0.1) is 24.2 Å². The highest BCUT2D eigenvalue weighted by Gasteiger charge is 2.32. The van der Waals surface area contributed by atoms with Crippen molar-refractivity contribution in [2.45, 2.75) is 137 Å². The Morgan fingerprint density at radius 3 is 1.98 bits per heavy atom. The van der Waals surface area contributed by atoms with E-state index in [0.717, 1.165) is 0 Å². The molecule has 7 N–H and O–H groups in total. The summed E-state index contributed by atoms with van der Waals surface area (Å²) in [7, 11) is 0. The zero-order valence-electron chi connectivity index (χ0n) is 27.0. The van der Waals surface area contributed by atoms with Crippen molar-refractivity contribution in [2.24, 2.45) is 11.8 Å². The van der Waals surface area contributed by atoms with Crippen molar-refractivity contribution < 1.29 is 39.0 Å². The molecule has 6 atom stereocenters. The molecule has 0 aromatic rings. The number of amides is 5. The first-order valence-corrected chi connectivity index (χ1v) is 15.5. The number of carbonyl (C=O) groups is 6. The highest BCUT2D eigenvalue weighted by atomic mass is 16.4. The van der Waals surface area contributed by atoms with Gasteiger partial charge in [0.1, 0.15) is 18.1 Å². The quantitative estimate of drug-likeness (QED) is 0.0866. The molecule has 0 aromatic heterocycles. The molecule has 0 bridgehead atoms. The number of aliphatic carboxylic acids is 1. The molecule has 0 aromatic carbocycles. The van der Waals surface area contributed by atoms with Crippen LogP contribution in [0.15, 0.2) is 0 Å². The highest BCUT2D eigenvalue weighted by molar-refractivity contribution is 5.92. The second-order valence-electron chi connectivity index (χ2n) is 11.5. The summed E-state index contributed by atoms with van der Waals surface area (Å²) in [5.74, 6) is -1.51. The van der Waals surface area contributed by atoms with Crippen LogP contribution < -0.4 is 26.6 Å². The number of carboxylic acid groups (broad SMARTS) is 1. The van der Waals surface area contributed by atoms with Crippen molar-refractivity contribution in [3.8, 4) is 12.3 Å².